The minimum absolute atomic E-state index is 0.385. The molecule has 2 aromatic carbocycles. The van der Waals surface area contributed by atoms with Gasteiger partial charge in [0.15, 0.2) is 0 Å². The van der Waals surface area contributed by atoms with Crippen molar-refractivity contribution in [3.8, 4) is 0 Å². The Labute approximate surface area is 153 Å². The van der Waals surface area contributed by atoms with E-state index in [1.807, 2.05) is 39.8 Å². The number of amides is 2. The highest BCUT2D eigenvalue weighted by Crippen LogP contribution is 2.36. The molecule has 1 saturated heterocycles. The summed E-state index contributed by atoms with van der Waals surface area (Å²) in [6, 6.07) is 12.5. The van der Waals surface area contributed by atoms with E-state index in [0.29, 0.717) is 11.4 Å². The molecule has 5 nitrogen and oxygen atoms in total. The molecule has 0 bridgehead atoms. The standard InChI is InChI=1S/C19H22BFN2O3/c1-18(2)19(3,4)26-20(25-18)13-8-10-15(11-9-13)22-17(24)23-16-7-5-6-14(21)12-16/h5-12H,1-4H3,(H2,22,23,24). The SMILES string of the molecule is CC1(C)OB(c2ccc(NC(=O)Nc3cccc(F)c3)cc2)OC1(C)C. The zero-order valence-corrected chi connectivity index (χ0v) is 15.3. The Hall–Kier alpha value is -2.38. The van der Waals surface area contributed by atoms with Crippen molar-refractivity contribution in [2.45, 2.75) is 38.9 Å². The van der Waals surface area contributed by atoms with Crippen molar-refractivity contribution >= 4 is 30.0 Å². The lowest BCUT2D eigenvalue weighted by Crippen LogP contribution is -2.41. The molecule has 136 valence electrons. The monoisotopic (exact) mass is 356 g/mol. The molecule has 1 fully saturated rings. The number of hydrogen-bond donors (Lipinski definition) is 2. The van der Waals surface area contributed by atoms with Crippen LogP contribution < -0.4 is 16.1 Å². The third-order valence-electron chi connectivity index (χ3n) is 4.78. The van der Waals surface area contributed by atoms with Crippen molar-refractivity contribution in [1.29, 1.82) is 0 Å². The van der Waals surface area contributed by atoms with E-state index in [-0.39, 0.29) is 0 Å². The number of rotatable bonds is 3. The van der Waals surface area contributed by atoms with Crippen molar-refractivity contribution in [3.63, 3.8) is 0 Å². The van der Waals surface area contributed by atoms with Gasteiger partial charge in [-0.1, -0.05) is 18.2 Å². The Morgan fingerprint density at radius 2 is 1.50 bits per heavy atom. The van der Waals surface area contributed by atoms with Crippen LogP contribution in [0, 0.1) is 5.82 Å². The predicted octanol–water partition coefficient (Wildman–Crippen LogP) is 3.77. The number of carbonyl (C=O) groups excluding carboxylic acids is 1. The van der Waals surface area contributed by atoms with Crippen molar-refractivity contribution in [2.24, 2.45) is 0 Å². The van der Waals surface area contributed by atoms with Gasteiger partial charge in [0.05, 0.1) is 11.2 Å². The van der Waals surface area contributed by atoms with Crippen LogP contribution in [-0.2, 0) is 9.31 Å². The summed E-state index contributed by atoms with van der Waals surface area (Å²) in [6.45, 7) is 8.00. The average molecular weight is 356 g/mol. The summed E-state index contributed by atoms with van der Waals surface area (Å²) in [5, 5.41) is 5.29. The van der Waals surface area contributed by atoms with Gasteiger partial charge in [-0.15, -0.1) is 0 Å². The largest absolute Gasteiger partial charge is 0.494 e. The Balaban J connectivity index is 1.62. The second-order valence-electron chi connectivity index (χ2n) is 7.30. The summed E-state index contributed by atoms with van der Waals surface area (Å²) in [5.41, 5.74) is 1.06. The summed E-state index contributed by atoms with van der Waals surface area (Å²) in [6.07, 6.45) is 0. The van der Waals surface area contributed by atoms with Gasteiger partial charge in [-0.05, 0) is 63.5 Å². The summed E-state index contributed by atoms with van der Waals surface area (Å²) < 4.78 is 25.2. The van der Waals surface area contributed by atoms with Gasteiger partial charge >= 0.3 is 13.1 Å². The van der Waals surface area contributed by atoms with Crippen LogP contribution in [0.4, 0.5) is 20.6 Å². The lowest BCUT2D eigenvalue weighted by atomic mass is 9.79. The van der Waals surface area contributed by atoms with Gasteiger partial charge in [0.1, 0.15) is 5.82 Å². The van der Waals surface area contributed by atoms with Crippen LogP contribution >= 0.6 is 0 Å². The van der Waals surface area contributed by atoms with E-state index in [4.69, 9.17) is 9.31 Å². The van der Waals surface area contributed by atoms with E-state index in [2.05, 4.69) is 10.6 Å². The molecule has 1 aliphatic heterocycles. The minimum Gasteiger partial charge on any atom is -0.399 e. The number of carbonyl (C=O) groups is 1. The van der Waals surface area contributed by atoms with Gasteiger partial charge in [0.25, 0.3) is 0 Å². The smallest absolute Gasteiger partial charge is 0.399 e. The molecule has 7 heteroatoms. The number of nitrogens with one attached hydrogen (secondary N) is 2. The van der Waals surface area contributed by atoms with Gasteiger partial charge in [-0.25, -0.2) is 9.18 Å². The molecule has 2 aromatic rings. The van der Waals surface area contributed by atoms with E-state index in [1.165, 1.54) is 18.2 Å². The quantitative estimate of drug-likeness (QED) is 0.823. The first-order valence-corrected chi connectivity index (χ1v) is 8.45. The Kier molecular flexibility index (Phi) is 4.77. The molecule has 1 aliphatic rings. The number of benzene rings is 2. The topological polar surface area (TPSA) is 59.6 Å². The maximum absolute atomic E-state index is 13.2. The van der Waals surface area contributed by atoms with E-state index in [1.54, 1.807) is 18.2 Å². The van der Waals surface area contributed by atoms with Crippen LogP contribution in [0.5, 0.6) is 0 Å². The fraction of sp³-hybridized carbons (Fsp3) is 0.316. The highest BCUT2D eigenvalue weighted by atomic mass is 19.1. The molecule has 0 aliphatic carbocycles. The Bertz CT molecular complexity index is 793. The fourth-order valence-corrected chi connectivity index (χ4v) is 2.56. The molecule has 2 N–H and O–H groups in total. The summed E-state index contributed by atoms with van der Waals surface area (Å²) in [4.78, 5) is 12.0. The second-order valence-corrected chi connectivity index (χ2v) is 7.30. The number of halogens is 1. The van der Waals surface area contributed by atoms with Gasteiger partial charge in [-0.3, -0.25) is 0 Å². The fourth-order valence-electron chi connectivity index (χ4n) is 2.56. The number of hydrogen-bond acceptors (Lipinski definition) is 3. The predicted molar refractivity (Wildman–Crippen MR) is 101 cm³/mol. The molecule has 0 aromatic heterocycles. The first kappa shape index (κ1) is 18.4. The molecule has 26 heavy (non-hydrogen) atoms. The molecule has 0 saturated carbocycles. The molecule has 2 amide bonds. The van der Waals surface area contributed by atoms with Crippen molar-refractivity contribution in [3.05, 3.63) is 54.3 Å². The first-order valence-electron chi connectivity index (χ1n) is 8.45. The lowest BCUT2D eigenvalue weighted by Gasteiger charge is -2.32. The summed E-state index contributed by atoms with van der Waals surface area (Å²) in [7, 11) is -0.449. The third-order valence-corrected chi connectivity index (χ3v) is 4.78. The molecule has 3 rings (SSSR count). The van der Waals surface area contributed by atoms with Crippen LogP contribution in [0.3, 0.4) is 0 Å². The normalized spacial score (nSPS) is 17.8. The Morgan fingerprint density at radius 3 is 2.08 bits per heavy atom. The molecule has 0 spiro atoms. The van der Waals surface area contributed by atoms with Gasteiger partial charge in [-0.2, -0.15) is 0 Å². The van der Waals surface area contributed by atoms with Gasteiger partial charge in [0, 0.05) is 11.4 Å². The molecular formula is C19H22BFN2O3. The average Bonchev–Trinajstić information content (AvgIpc) is 2.76. The van der Waals surface area contributed by atoms with Crippen LogP contribution in [0.25, 0.3) is 0 Å². The van der Waals surface area contributed by atoms with Crippen LogP contribution in [-0.4, -0.2) is 24.4 Å². The maximum atomic E-state index is 13.2. The van der Waals surface area contributed by atoms with E-state index in [9.17, 15) is 9.18 Å². The van der Waals surface area contributed by atoms with Crippen molar-refractivity contribution in [2.75, 3.05) is 10.6 Å². The van der Waals surface area contributed by atoms with Crippen LogP contribution in [0.15, 0.2) is 48.5 Å². The van der Waals surface area contributed by atoms with E-state index >= 15 is 0 Å². The molecule has 0 radical (unpaired) electrons. The summed E-state index contributed by atoms with van der Waals surface area (Å²) >= 11 is 0. The van der Waals surface area contributed by atoms with E-state index < -0.39 is 30.2 Å². The Morgan fingerprint density at radius 1 is 0.923 bits per heavy atom. The zero-order chi connectivity index (χ0) is 18.9. The van der Waals surface area contributed by atoms with Gasteiger partial charge < -0.3 is 19.9 Å². The third kappa shape index (κ3) is 3.89. The van der Waals surface area contributed by atoms with Crippen molar-refractivity contribution < 1.29 is 18.5 Å². The molecule has 0 unspecified atom stereocenters. The highest BCUT2D eigenvalue weighted by Gasteiger charge is 2.51. The second kappa shape index (κ2) is 6.74. The van der Waals surface area contributed by atoms with Gasteiger partial charge in [0.2, 0.25) is 0 Å². The number of anilines is 2. The maximum Gasteiger partial charge on any atom is 0.494 e. The van der Waals surface area contributed by atoms with Crippen LogP contribution in [0.1, 0.15) is 27.7 Å². The zero-order valence-electron chi connectivity index (χ0n) is 15.3. The number of urea groups is 1. The molecular weight excluding hydrogens is 334 g/mol. The molecule has 1 heterocycles. The minimum atomic E-state index is -0.449. The van der Waals surface area contributed by atoms with Crippen LogP contribution in [0.2, 0.25) is 0 Å². The molecule has 0 atom stereocenters. The lowest BCUT2D eigenvalue weighted by molar-refractivity contribution is 0.00578. The summed E-state index contributed by atoms with van der Waals surface area (Å²) in [5.74, 6) is -0.408. The van der Waals surface area contributed by atoms with E-state index in [0.717, 1.165) is 5.46 Å². The first-order chi connectivity index (χ1) is 12.2. The van der Waals surface area contributed by atoms with Crippen molar-refractivity contribution in [1.82, 2.24) is 0 Å². The highest BCUT2D eigenvalue weighted by molar-refractivity contribution is 6.62.